The monoisotopic (exact) mass is 776 g/mol. The van der Waals surface area contributed by atoms with E-state index in [1.807, 2.05) is 0 Å². The van der Waals surface area contributed by atoms with Crippen LogP contribution < -0.4 is 5.32 Å². The molecule has 0 aliphatic heterocycles. The van der Waals surface area contributed by atoms with Gasteiger partial charge in [-0.3, -0.25) is 9.59 Å². The van der Waals surface area contributed by atoms with Crippen molar-refractivity contribution in [2.24, 2.45) is 0 Å². The number of allylic oxidation sites excluding steroid dienone is 4. The van der Waals surface area contributed by atoms with Crippen molar-refractivity contribution < 1.29 is 24.5 Å². The van der Waals surface area contributed by atoms with E-state index in [4.69, 9.17) is 4.74 Å². The van der Waals surface area contributed by atoms with Gasteiger partial charge in [-0.05, 0) is 70.6 Å². The van der Waals surface area contributed by atoms with Crippen LogP contribution in [0, 0.1) is 0 Å². The van der Waals surface area contributed by atoms with E-state index in [1.165, 1.54) is 148 Å². The van der Waals surface area contributed by atoms with Crippen molar-refractivity contribution in [2.75, 3.05) is 13.2 Å². The number of aliphatic hydroxyl groups is 2. The predicted octanol–water partition coefficient (Wildman–Crippen LogP) is 14.0. The van der Waals surface area contributed by atoms with Crippen LogP contribution in [0.5, 0.6) is 0 Å². The van der Waals surface area contributed by atoms with E-state index in [0.717, 1.165) is 70.6 Å². The quantitative estimate of drug-likeness (QED) is 0.0325. The number of rotatable bonds is 44. The predicted molar refractivity (Wildman–Crippen MR) is 236 cm³/mol. The van der Waals surface area contributed by atoms with Crippen molar-refractivity contribution in [1.82, 2.24) is 5.32 Å². The van der Waals surface area contributed by atoms with Gasteiger partial charge in [0.05, 0.1) is 25.4 Å². The number of hydrogen-bond acceptors (Lipinski definition) is 5. The average Bonchev–Trinajstić information content (AvgIpc) is 3.18. The molecule has 3 N–H and O–H groups in total. The molecule has 2 unspecified atom stereocenters. The lowest BCUT2D eigenvalue weighted by Crippen LogP contribution is -2.45. The van der Waals surface area contributed by atoms with Gasteiger partial charge in [0, 0.05) is 12.8 Å². The molecule has 0 aromatic rings. The van der Waals surface area contributed by atoms with Crippen LogP contribution in [0.25, 0.3) is 0 Å². The lowest BCUT2D eigenvalue weighted by molar-refractivity contribution is -0.143. The molecule has 6 heteroatoms. The Morgan fingerprint density at radius 1 is 0.491 bits per heavy atom. The Hall–Kier alpha value is -1.66. The van der Waals surface area contributed by atoms with Crippen molar-refractivity contribution in [3.05, 3.63) is 24.3 Å². The summed E-state index contributed by atoms with van der Waals surface area (Å²) in [6.07, 6.45) is 51.5. The van der Waals surface area contributed by atoms with Crippen molar-refractivity contribution in [3.63, 3.8) is 0 Å². The molecular formula is C49H93NO5. The van der Waals surface area contributed by atoms with Gasteiger partial charge in [-0.1, -0.05) is 192 Å². The number of aliphatic hydroxyl groups excluding tert-OH is 2. The van der Waals surface area contributed by atoms with Gasteiger partial charge in [0.25, 0.3) is 0 Å². The highest BCUT2D eigenvalue weighted by Crippen LogP contribution is 2.15. The summed E-state index contributed by atoms with van der Waals surface area (Å²) in [6, 6.07) is -0.578. The normalized spacial score (nSPS) is 12.9. The number of carbonyl (C=O) groups excluding carboxylic acids is 2. The summed E-state index contributed by atoms with van der Waals surface area (Å²) >= 11 is 0. The second-order valence-corrected chi connectivity index (χ2v) is 16.4. The zero-order valence-corrected chi connectivity index (χ0v) is 36.7. The van der Waals surface area contributed by atoms with Crippen molar-refractivity contribution in [2.45, 2.75) is 264 Å². The lowest BCUT2D eigenvalue weighted by atomic mass is 10.0. The van der Waals surface area contributed by atoms with E-state index in [-0.39, 0.29) is 18.5 Å². The average molecular weight is 776 g/mol. The topological polar surface area (TPSA) is 95.9 Å². The van der Waals surface area contributed by atoms with Gasteiger partial charge in [0.1, 0.15) is 0 Å². The summed E-state index contributed by atoms with van der Waals surface area (Å²) in [5.74, 6) is -0.137. The SMILES string of the molecule is CCCCCCCC/C=C\CCCCCCCCCC(=O)OCCCCCC/C=C\CCCC(=O)NC(CO)C(O)CCCCCCCCCCCCCC. The molecule has 0 bridgehead atoms. The molecule has 0 aliphatic rings. The first-order valence-corrected chi connectivity index (χ1v) is 24.1. The Kier molecular flexibility index (Phi) is 43.7. The third kappa shape index (κ3) is 41.8. The van der Waals surface area contributed by atoms with Crippen LogP contribution in [0.4, 0.5) is 0 Å². The molecule has 0 rings (SSSR count). The summed E-state index contributed by atoms with van der Waals surface area (Å²) in [6.45, 7) is 4.84. The largest absolute Gasteiger partial charge is 0.466 e. The van der Waals surface area contributed by atoms with Gasteiger partial charge in [0.2, 0.25) is 5.91 Å². The van der Waals surface area contributed by atoms with E-state index >= 15 is 0 Å². The summed E-state index contributed by atoms with van der Waals surface area (Å²) in [5, 5.41) is 23.1. The minimum atomic E-state index is -0.694. The van der Waals surface area contributed by atoms with Crippen LogP contribution in [-0.2, 0) is 14.3 Å². The molecule has 0 aliphatic carbocycles. The molecule has 6 nitrogen and oxygen atoms in total. The van der Waals surface area contributed by atoms with E-state index in [2.05, 4.69) is 43.5 Å². The Bertz CT molecular complexity index is 858. The van der Waals surface area contributed by atoms with E-state index < -0.39 is 12.1 Å². The zero-order chi connectivity index (χ0) is 40.1. The first-order valence-electron chi connectivity index (χ1n) is 24.1. The molecule has 0 radical (unpaired) electrons. The molecule has 2 atom stereocenters. The zero-order valence-electron chi connectivity index (χ0n) is 36.7. The standard InChI is InChI=1S/C49H93NO5/c1-3-5-7-9-11-13-15-17-18-19-20-21-23-27-31-35-39-43-49(54)55-44-40-36-32-28-24-26-30-34-38-42-48(53)50-46(45-51)47(52)41-37-33-29-25-22-16-14-12-10-8-6-4-2/h17-18,26,30,46-47,51-52H,3-16,19-25,27-29,31-45H2,1-2H3,(H,50,53)/b18-17-,30-26-. The van der Waals surface area contributed by atoms with Gasteiger partial charge in [-0.25, -0.2) is 0 Å². The van der Waals surface area contributed by atoms with Crippen molar-refractivity contribution in [1.29, 1.82) is 0 Å². The molecule has 0 saturated heterocycles. The van der Waals surface area contributed by atoms with Crippen LogP contribution in [0.1, 0.15) is 251 Å². The fraction of sp³-hybridized carbons (Fsp3) is 0.878. The smallest absolute Gasteiger partial charge is 0.305 e. The molecule has 55 heavy (non-hydrogen) atoms. The van der Waals surface area contributed by atoms with Crippen LogP contribution in [0.15, 0.2) is 24.3 Å². The number of hydrogen-bond donors (Lipinski definition) is 3. The molecule has 324 valence electrons. The highest BCUT2D eigenvalue weighted by Gasteiger charge is 2.20. The highest BCUT2D eigenvalue weighted by molar-refractivity contribution is 5.76. The number of carbonyl (C=O) groups is 2. The molecule has 0 fully saturated rings. The van der Waals surface area contributed by atoms with Gasteiger partial charge in [-0.15, -0.1) is 0 Å². The van der Waals surface area contributed by atoms with Crippen LogP contribution in [-0.4, -0.2) is 47.4 Å². The minimum absolute atomic E-state index is 0.0396. The van der Waals surface area contributed by atoms with Crippen LogP contribution in [0.2, 0.25) is 0 Å². The molecule has 0 heterocycles. The fourth-order valence-corrected chi connectivity index (χ4v) is 7.22. The van der Waals surface area contributed by atoms with Gasteiger partial charge >= 0.3 is 5.97 Å². The third-order valence-electron chi connectivity index (χ3n) is 11.0. The minimum Gasteiger partial charge on any atom is -0.466 e. The molecule has 0 aromatic heterocycles. The Morgan fingerprint density at radius 3 is 1.33 bits per heavy atom. The van der Waals surface area contributed by atoms with Crippen molar-refractivity contribution in [3.8, 4) is 0 Å². The second kappa shape index (κ2) is 45.0. The number of amides is 1. The second-order valence-electron chi connectivity index (χ2n) is 16.4. The molecule has 0 saturated carbocycles. The van der Waals surface area contributed by atoms with E-state index in [1.54, 1.807) is 0 Å². The lowest BCUT2D eigenvalue weighted by Gasteiger charge is -2.22. The Morgan fingerprint density at radius 2 is 0.873 bits per heavy atom. The maximum Gasteiger partial charge on any atom is 0.305 e. The maximum atomic E-state index is 12.4. The van der Waals surface area contributed by atoms with Crippen molar-refractivity contribution >= 4 is 11.9 Å². The molecule has 1 amide bonds. The summed E-state index contributed by atoms with van der Waals surface area (Å²) < 4.78 is 5.44. The molecule has 0 aromatic carbocycles. The number of nitrogens with one attached hydrogen (secondary N) is 1. The van der Waals surface area contributed by atoms with Gasteiger partial charge in [-0.2, -0.15) is 0 Å². The maximum absolute atomic E-state index is 12.4. The Labute approximate surface area is 341 Å². The first-order chi connectivity index (χ1) is 27.0. The van der Waals surface area contributed by atoms with E-state index in [0.29, 0.717) is 25.9 Å². The highest BCUT2D eigenvalue weighted by atomic mass is 16.5. The summed E-state index contributed by atoms with van der Waals surface area (Å²) in [4.78, 5) is 24.4. The number of ether oxygens (including phenoxy) is 1. The molecular weight excluding hydrogens is 683 g/mol. The summed E-state index contributed by atoms with van der Waals surface area (Å²) in [7, 11) is 0. The molecule has 0 spiro atoms. The number of unbranched alkanes of at least 4 members (excludes halogenated alkanes) is 29. The third-order valence-corrected chi connectivity index (χ3v) is 11.0. The first kappa shape index (κ1) is 53.3. The van der Waals surface area contributed by atoms with Gasteiger partial charge < -0.3 is 20.3 Å². The summed E-state index contributed by atoms with van der Waals surface area (Å²) in [5.41, 5.74) is 0. The fourth-order valence-electron chi connectivity index (χ4n) is 7.22. The van der Waals surface area contributed by atoms with Crippen LogP contribution >= 0.6 is 0 Å². The number of esters is 1. The van der Waals surface area contributed by atoms with Gasteiger partial charge in [0.15, 0.2) is 0 Å². The van der Waals surface area contributed by atoms with Crippen LogP contribution in [0.3, 0.4) is 0 Å². The van der Waals surface area contributed by atoms with E-state index in [9.17, 15) is 19.8 Å². The Balaban J connectivity index is 3.53.